The van der Waals surface area contributed by atoms with Gasteiger partial charge >= 0.3 is 11.1 Å². The molecule has 1 aromatic rings. The van der Waals surface area contributed by atoms with E-state index in [1.165, 1.54) is 24.0 Å². The van der Waals surface area contributed by atoms with Gasteiger partial charge in [0.15, 0.2) is 0 Å². The second-order valence-electron chi connectivity index (χ2n) is 3.06. The number of aliphatic hydroxyl groups excluding tert-OH is 1. The zero-order valence-corrected chi connectivity index (χ0v) is 7.88. The molecule has 78 valence electrons. The minimum Gasteiger partial charge on any atom is -0.390 e. The molecule has 1 unspecified atom stereocenters. The minimum absolute atomic E-state index is 0.0470. The molecule has 6 heteroatoms. The number of aryl methyl sites for hydroxylation is 1. The van der Waals surface area contributed by atoms with Crippen LogP contribution < -0.4 is 16.9 Å². The number of hydrogen-bond acceptors (Lipinski definition) is 4. The quantitative estimate of drug-likeness (QED) is 0.544. The maximum atomic E-state index is 11.3. The van der Waals surface area contributed by atoms with Crippen LogP contribution in [-0.2, 0) is 13.6 Å². The molecule has 0 amide bonds. The van der Waals surface area contributed by atoms with Crippen LogP contribution in [0.3, 0.4) is 0 Å². The monoisotopic (exact) mass is 199 g/mol. The summed E-state index contributed by atoms with van der Waals surface area (Å²) in [4.78, 5) is 22.5. The van der Waals surface area contributed by atoms with Gasteiger partial charge < -0.3 is 20.0 Å². The van der Waals surface area contributed by atoms with E-state index in [2.05, 4.69) is 0 Å². The fraction of sp³-hybridized carbons (Fsp3) is 0.500. The smallest absolute Gasteiger partial charge is 0.316 e. The van der Waals surface area contributed by atoms with E-state index in [0.717, 1.165) is 4.57 Å². The normalized spacial score (nSPS) is 12.8. The third kappa shape index (κ3) is 2.09. The van der Waals surface area contributed by atoms with Crippen molar-refractivity contribution in [3.8, 4) is 0 Å². The highest BCUT2D eigenvalue weighted by Gasteiger charge is 2.06. The molecule has 0 saturated heterocycles. The van der Waals surface area contributed by atoms with Crippen molar-refractivity contribution >= 4 is 0 Å². The van der Waals surface area contributed by atoms with Crippen molar-refractivity contribution in [2.45, 2.75) is 12.6 Å². The lowest BCUT2D eigenvalue weighted by Crippen LogP contribution is -2.42. The molecule has 0 aromatic carbocycles. The van der Waals surface area contributed by atoms with Gasteiger partial charge in [-0.1, -0.05) is 0 Å². The van der Waals surface area contributed by atoms with E-state index in [1.54, 1.807) is 0 Å². The van der Waals surface area contributed by atoms with E-state index in [0.29, 0.717) is 0 Å². The molecule has 0 spiro atoms. The lowest BCUT2D eigenvalue weighted by molar-refractivity contribution is 0.160. The number of nitrogens with zero attached hydrogens (tertiary/aromatic N) is 2. The highest BCUT2D eigenvalue weighted by Crippen LogP contribution is 1.84. The third-order valence-corrected chi connectivity index (χ3v) is 1.91. The summed E-state index contributed by atoms with van der Waals surface area (Å²) in [5, 5.41) is 9.20. The van der Waals surface area contributed by atoms with Crippen molar-refractivity contribution < 1.29 is 5.11 Å². The van der Waals surface area contributed by atoms with E-state index in [4.69, 9.17) is 5.73 Å². The average molecular weight is 199 g/mol. The van der Waals surface area contributed by atoms with Crippen LogP contribution >= 0.6 is 0 Å². The lowest BCUT2D eigenvalue weighted by atomic mass is 10.3. The fourth-order valence-electron chi connectivity index (χ4n) is 1.03. The van der Waals surface area contributed by atoms with E-state index < -0.39 is 17.2 Å². The number of hydrogen-bond donors (Lipinski definition) is 2. The molecule has 1 aromatic heterocycles. The van der Waals surface area contributed by atoms with Crippen LogP contribution in [0.4, 0.5) is 0 Å². The molecule has 0 fully saturated rings. The van der Waals surface area contributed by atoms with Gasteiger partial charge in [-0.15, -0.1) is 0 Å². The van der Waals surface area contributed by atoms with Crippen LogP contribution in [0.15, 0.2) is 22.0 Å². The Morgan fingerprint density at radius 3 is 2.64 bits per heavy atom. The van der Waals surface area contributed by atoms with E-state index >= 15 is 0 Å². The fourth-order valence-corrected chi connectivity index (χ4v) is 1.03. The molecule has 0 aliphatic carbocycles. The lowest BCUT2D eigenvalue weighted by Gasteiger charge is -2.09. The van der Waals surface area contributed by atoms with Gasteiger partial charge in [0, 0.05) is 26.0 Å². The van der Waals surface area contributed by atoms with Gasteiger partial charge in [-0.25, -0.2) is 0 Å². The Bertz CT molecular complexity index is 421. The van der Waals surface area contributed by atoms with Gasteiger partial charge in [0.25, 0.3) is 0 Å². The Morgan fingerprint density at radius 2 is 2.07 bits per heavy atom. The average Bonchev–Trinajstić information content (AvgIpc) is 2.19. The van der Waals surface area contributed by atoms with E-state index in [1.807, 2.05) is 0 Å². The summed E-state index contributed by atoms with van der Waals surface area (Å²) >= 11 is 0. The maximum Gasteiger partial charge on any atom is 0.316 e. The van der Waals surface area contributed by atoms with Crippen molar-refractivity contribution in [3.05, 3.63) is 33.1 Å². The minimum atomic E-state index is -0.806. The first-order valence-electron chi connectivity index (χ1n) is 4.20. The molecule has 0 bridgehead atoms. The highest BCUT2D eigenvalue weighted by atomic mass is 16.3. The predicted molar refractivity (Wildman–Crippen MR) is 51.0 cm³/mol. The summed E-state index contributed by atoms with van der Waals surface area (Å²) in [6, 6.07) is 0. The van der Waals surface area contributed by atoms with Crippen LogP contribution in [0.25, 0.3) is 0 Å². The predicted octanol–water partition coefficient (Wildman–Crippen LogP) is -2.13. The zero-order chi connectivity index (χ0) is 10.7. The van der Waals surface area contributed by atoms with Crippen molar-refractivity contribution in [3.63, 3.8) is 0 Å². The number of aliphatic hydroxyl groups is 1. The van der Waals surface area contributed by atoms with Crippen LogP contribution in [0.5, 0.6) is 0 Å². The summed E-state index contributed by atoms with van der Waals surface area (Å²) < 4.78 is 2.34. The van der Waals surface area contributed by atoms with Crippen LogP contribution in [0.1, 0.15) is 0 Å². The Kier molecular flexibility index (Phi) is 3.21. The standard InChI is InChI=1S/C8H13N3O3/c1-10-2-3-11(5-6(12)4-9)8(14)7(10)13/h2-3,6,12H,4-5,9H2,1H3. The molecular weight excluding hydrogens is 186 g/mol. The Labute approximate surface area is 80.2 Å². The second-order valence-corrected chi connectivity index (χ2v) is 3.06. The summed E-state index contributed by atoms with van der Waals surface area (Å²) in [5.74, 6) is 0. The Morgan fingerprint density at radius 1 is 1.43 bits per heavy atom. The molecule has 0 aliphatic rings. The molecule has 1 heterocycles. The molecular formula is C8H13N3O3. The van der Waals surface area contributed by atoms with Crippen molar-refractivity contribution in [2.24, 2.45) is 12.8 Å². The topological polar surface area (TPSA) is 90.2 Å². The van der Waals surface area contributed by atoms with Crippen LogP contribution in [0.2, 0.25) is 0 Å². The zero-order valence-electron chi connectivity index (χ0n) is 7.88. The molecule has 3 N–H and O–H groups in total. The van der Waals surface area contributed by atoms with Gasteiger partial charge in [-0.05, 0) is 0 Å². The summed E-state index contributed by atoms with van der Waals surface area (Å²) in [7, 11) is 1.49. The maximum absolute atomic E-state index is 11.3. The second kappa shape index (κ2) is 4.21. The summed E-state index contributed by atoms with van der Waals surface area (Å²) in [5.41, 5.74) is 3.92. The van der Waals surface area contributed by atoms with Crippen molar-refractivity contribution in [2.75, 3.05) is 6.54 Å². The first-order chi connectivity index (χ1) is 6.56. The van der Waals surface area contributed by atoms with Gasteiger partial charge in [0.1, 0.15) is 0 Å². The van der Waals surface area contributed by atoms with E-state index in [-0.39, 0.29) is 13.1 Å². The molecule has 1 rings (SSSR count). The van der Waals surface area contributed by atoms with Gasteiger partial charge in [-0.3, -0.25) is 9.59 Å². The van der Waals surface area contributed by atoms with Crippen LogP contribution in [-0.4, -0.2) is 26.9 Å². The molecule has 14 heavy (non-hydrogen) atoms. The molecule has 1 atom stereocenters. The first kappa shape index (κ1) is 10.7. The highest BCUT2D eigenvalue weighted by molar-refractivity contribution is 4.85. The molecule has 6 nitrogen and oxygen atoms in total. The summed E-state index contributed by atoms with van der Waals surface area (Å²) in [6.07, 6.45) is 2.11. The molecule has 0 radical (unpaired) electrons. The molecule has 0 saturated carbocycles. The first-order valence-corrected chi connectivity index (χ1v) is 4.20. The van der Waals surface area contributed by atoms with Gasteiger partial charge in [-0.2, -0.15) is 0 Å². The third-order valence-electron chi connectivity index (χ3n) is 1.91. The number of nitrogens with two attached hydrogens (primary N) is 1. The van der Waals surface area contributed by atoms with E-state index in [9.17, 15) is 14.7 Å². The number of aromatic nitrogens is 2. The largest absolute Gasteiger partial charge is 0.390 e. The van der Waals surface area contributed by atoms with Gasteiger partial charge in [0.2, 0.25) is 0 Å². The Balaban J connectivity index is 3.07. The SMILES string of the molecule is Cn1ccn(CC(O)CN)c(=O)c1=O. The summed E-state index contributed by atoms with van der Waals surface area (Å²) in [6.45, 7) is 0.104. The molecule has 0 aliphatic heterocycles. The van der Waals surface area contributed by atoms with Crippen molar-refractivity contribution in [1.29, 1.82) is 0 Å². The number of rotatable bonds is 3. The van der Waals surface area contributed by atoms with Crippen molar-refractivity contribution in [1.82, 2.24) is 9.13 Å². The van der Waals surface area contributed by atoms with Crippen LogP contribution in [0, 0.1) is 0 Å². The Hall–Kier alpha value is -1.40. The van der Waals surface area contributed by atoms with Gasteiger partial charge in [0.05, 0.1) is 12.6 Å².